The summed E-state index contributed by atoms with van der Waals surface area (Å²) in [5.41, 5.74) is 1.50. The maximum absolute atomic E-state index is 13.0. The molecule has 1 saturated heterocycles. The fourth-order valence-corrected chi connectivity index (χ4v) is 4.61. The van der Waals surface area contributed by atoms with E-state index in [2.05, 4.69) is 25.3 Å². The first-order chi connectivity index (χ1) is 11.0. The molecule has 0 saturated carbocycles. The van der Waals surface area contributed by atoms with Gasteiger partial charge >= 0.3 is 0 Å². The van der Waals surface area contributed by atoms with Crippen LogP contribution in [0.1, 0.15) is 23.6 Å². The second-order valence-corrected chi connectivity index (χ2v) is 8.19. The topological polar surface area (TPSA) is 116 Å². The van der Waals surface area contributed by atoms with Crippen LogP contribution in [0.4, 0.5) is 5.95 Å². The molecule has 124 valence electrons. The van der Waals surface area contributed by atoms with Gasteiger partial charge in [0.2, 0.25) is 19.2 Å². The SMILES string of the molecule is Cc1cnc(NCC(=Cc2nc(O)c(C)[nH]2)P2(=O)CCCO2)[nH]1. The lowest BCUT2D eigenvalue weighted by Gasteiger charge is -2.15. The van der Waals surface area contributed by atoms with E-state index in [1.807, 2.05) is 6.92 Å². The Bertz CT molecular complexity index is 750. The molecule has 8 nitrogen and oxygen atoms in total. The maximum atomic E-state index is 13.0. The third kappa shape index (κ3) is 3.48. The molecule has 0 bridgehead atoms. The lowest BCUT2D eigenvalue weighted by Crippen LogP contribution is -2.07. The number of anilines is 1. The van der Waals surface area contributed by atoms with Crippen LogP contribution in [-0.4, -0.2) is 44.4 Å². The minimum atomic E-state index is -2.87. The van der Waals surface area contributed by atoms with Gasteiger partial charge in [-0.2, -0.15) is 4.98 Å². The average molecular weight is 337 g/mol. The number of aromatic hydroxyl groups is 1. The Hall–Kier alpha value is -2.05. The van der Waals surface area contributed by atoms with Crippen molar-refractivity contribution in [3.05, 3.63) is 28.7 Å². The van der Waals surface area contributed by atoms with E-state index in [1.54, 1.807) is 19.2 Å². The van der Waals surface area contributed by atoms with Gasteiger partial charge in [-0.15, -0.1) is 0 Å². The first kappa shape index (κ1) is 15.8. The summed E-state index contributed by atoms with van der Waals surface area (Å²) in [6, 6.07) is 0. The van der Waals surface area contributed by atoms with Crippen molar-refractivity contribution >= 4 is 19.4 Å². The van der Waals surface area contributed by atoms with Gasteiger partial charge in [-0.3, -0.25) is 4.57 Å². The molecule has 23 heavy (non-hydrogen) atoms. The Kier molecular flexibility index (Phi) is 4.28. The number of hydrogen-bond donors (Lipinski definition) is 4. The van der Waals surface area contributed by atoms with E-state index >= 15 is 0 Å². The van der Waals surface area contributed by atoms with Gasteiger partial charge in [0.1, 0.15) is 5.82 Å². The standard InChI is InChI=1S/C14H20N5O3P/c1-9-7-15-14(17-9)16-8-11(23(21)5-3-4-22-23)6-12-18-10(2)13(20)19-12/h6-7,20H,3-5,8H2,1-2H3,(H,18,19)(H2,15,16,17). The highest BCUT2D eigenvalue weighted by Gasteiger charge is 2.33. The number of nitrogens with one attached hydrogen (secondary N) is 3. The normalized spacial score (nSPS) is 21.7. The number of rotatable bonds is 5. The summed E-state index contributed by atoms with van der Waals surface area (Å²) in [7, 11) is -2.87. The monoisotopic (exact) mass is 337 g/mol. The molecule has 1 unspecified atom stereocenters. The zero-order chi connectivity index (χ0) is 16.4. The summed E-state index contributed by atoms with van der Waals surface area (Å²) in [5.74, 6) is 1.01. The minimum Gasteiger partial charge on any atom is -0.492 e. The predicted octanol–water partition coefficient (Wildman–Crippen LogP) is 2.61. The Labute approximate surface area is 133 Å². The summed E-state index contributed by atoms with van der Waals surface area (Å²) in [4.78, 5) is 14.2. The molecule has 1 aliphatic heterocycles. The minimum absolute atomic E-state index is 0.0594. The van der Waals surface area contributed by atoms with Gasteiger partial charge in [0.05, 0.1) is 12.3 Å². The van der Waals surface area contributed by atoms with Crippen LogP contribution in [0.2, 0.25) is 0 Å². The molecule has 9 heteroatoms. The Balaban J connectivity index is 1.85. The first-order valence-electron chi connectivity index (χ1n) is 7.42. The number of imidazole rings is 2. The third-order valence-corrected chi connectivity index (χ3v) is 6.32. The molecule has 0 radical (unpaired) electrons. The molecule has 0 spiro atoms. The van der Waals surface area contributed by atoms with Crippen LogP contribution in [0.5, 0.6) is 5.88 Å². The average Bonchev–Trinajstić information content (AvgIpc) is 3.19. The van der Waals surface area contributed by atoms with Crippen molar-refractivity contribution in [2.75, 3.05) is 24.6 Å². The largest absolute Gasteiger partial charge is 0.492 e. The van der Waals surface area contributed by atoms with Crippen LogP contribution >= 0.6 is 7.37 Å². The summed E-state index contributed by atoms with van der Waals surface area (Å²) >= 11 is 0. The third-order valence-electron chi connectivity index (χ3n) is 3.65. The van der Waals surface area contributed by atoms with Crippen molar-refractivity contribution in [3.63, 3.8) is 0 Å². The zero-order valence-corrected chi connectivity index (χ0v) is 14.0. The van der Waals surface area contributed by atoms with Crippen molar-refractivity contribution in [3.8, 4) is 5.88 Å². The second-order valence-electron chi connectivity index (χ2n) is 5.56. The molecule has 1 fully saturated rings. The zero-order valence-electron chi connectivity index (χ0n) is 13.1. The number of hydrogen-bond acceptors (Lipinski definition) is 6. The van der Waals surface area contributed by atoms with E-state index in [0.717, 1.165) is 12.1 Å². The molecule has 0 aromatic carbocycles. The molecule has 0 aliphatic carbocycles. The van der Waals surface area contributed by atoms with Gasteiger partial charge in [0.15, 0.2) is 0 Å². The van der Waals surface area contributed by atoms with Crippen LogP contribution in [0.15, 0.2) is 11.5 Å². The van der Waals surface area contributed by atoms with Gasteiger partial charge in [-0.1, -0.05) is 0 Å². The molecule has 2 aromatic heterocycles. The summed E-state index contributed by atoms with van der Waals surface area (Å²) < 4.78 is 18.5. The van der Waals surface area contributed by atoms with Crippen molar-refractivity contribution in [2.24, 2.45) is 0 Å². The molecule has 3 rings (SSSR count). The Morgan fingerprint density at radius 3 is 2.91 bits per heavy atom. The highest BCUT2D eigenvalue weighted by Crippen LogP contribution is 2.59. The van der Waals surface area contributed by atoms with Crippen molar-refractivity contribution < 1.29 is 14.2 Å². The van der Waals surface area contributed by atoms with Gasteiger partial charge in [0, 0.05) is 29.9 Å². The van der Waals surface area contributed by atoms with E-state index in [9.17, 15) is 9.67 Å². The van der Waals surface area contributed by atoms with Gasteiger partial charge in [0.25, 0.3) is 0 Å². The Morgan fingerprint density at radius 2 is 2.35 bits per heavy atom. The summed E-state index contributed by atoms with van der Waals surface area (Å²) in [6.45, 7) is 4.45. The number of aromatic nitrogens is 4. The van der Waals surface area contributed by atoms with Crippen LogP contribution < -0.4 is 5.32 Å². The predicted molar refractivity (Wildman–Crippen MR) is 87.8 cm³/mol. The van der Waals surface area contributed by atoms with Crippen molar-refractivity contribution in [1.82, 2.24) is 19.9 Å². The van der Waals surface area contributed by atoms with E-state index < -0.39 is 7.37 Å². The second kappa shape index (κ2) is 6.22. The summed E-state index contributed by atoms with van der Waals surface area (Å²) in [6.07, 6.45) is 4.69. The van der Waals surface area contributed by atoms with Crippen LogP contribution in [0.25, 0.3) is 6.08 Å². The number of nitrogens with zero attached hydrogens (tertiary/aromatic N) is 2. The molecule has 2 aromatic rings. The van der Waals surface area contributed by atoms with Crippen LogP contribution in [0, 0.1) is 13.8 Å². The quantitative estimate of drug-likeness (QED) is 0.623. The fraction of sp³-hybridized carbons (Fsp3) is 0.429. The van der Waals surface area contributed by atoms with E-state index in [1.165, 1.54) is 0 Å². The summed E-state index contributed by atoms with van der Waals surface area (Å²) in [5, 5.41) is 13.3. The molecule has 1 aliphatic rings. The maximum Gasteiger partial charge on any atom is 0.232 e. The highest BCUT2D eigenvalue weighted by atomic mass is 31.2. The smallest absolute Gasteiger partial charge is 0.232 e. The van der Waals surface area contributed by atoms with Crippen LogP contribution in [-0.2, 0) is 9.09 Å². The van der Waals surface area contributed by atoms with Gasteiger partial charge < -0.3 is 24.9 Å². The lowest BCUT2D eigenvalue weighted by molar-refractivity contribution is 0.354. The van der Waals surface area contributed by atoms with E-state index in [4.69, 9.17) is 4.52 Å². The van der Waals surface area contributed by atoms with Gasteiger partial charge in [-0.25, -0.2) is 4.98 Å². The number of H-pyrrole nitrogens is 2. The highest BCUT2D eigenvalue weighted by molar-refractivity contribution is 7.63. The molecular formula is C14H20N5O3P. The lowest BCUT2D eigenvalue weighted by atomic mass is 10.4. The molecule has 4 N–H and O–H groups in total. The van der Waals surface area contributed by atoms with Crippen molar-refractivity contribution in [1.29, 1.82) is 0 Å². The Morgan fingerprint density at radius 1 is 1.52 bits per heavy atom. The van der Waals surface area contributed by atoms with Crippen LogP contribution in [0.3, 0.4) is 0 Å². The first-order valence-corrected chi connectivity index (χ1v) is 9.23. The molecule has 3 heterocycles. The molecule has 0 amide bonds. The van der Waals surface area contributed by atoms with E-state index in [0.29, 0.717) is 42.1 Å². The molecule has 1 atom stereocenters. The van der Waals surface area contributed by atoms with Gasteiger partial charge in [-0.05, 0) is 26.3 Å². The van der Waals surface area contributed by atoms with Crippen molar-refractivity contribution in [2.45, 2.75) is 20.3 Å². The fourth-order valence-electron chi connectivity index (χ4n) is 2.42. The van der Waals surface area contributed by atoms with E-state index in [-0.39, 0.29) is 5.88 Å². The number of aryl methyl sites for hydroxylation is 2. The number of aromatic amines is 2. The molecular weight excluding hydrogens is 317 g/mol.